The second-order valence-corrected chi connectivity index (χ2v) is 9.96. The molecule has 2 saturated heterocycles. The lowest BCUT2D eigenvalue weighted by atomic mass is 9.87. The van der Waals surface area contributed by atoms with Crippen molar-refractivity contribution in [2.45, 2.75) is 75.0 Å². The molecular formula is C23H32N4O3S. The Kier molecular flexibility index (Phi) is 6.86. The Morgan fingerprint density at radius 1 is 1.10 bits per heavy atom. The van der Waals surface area contributed by atoms with Crippen molar-refractivity contribution in [3.8, 4) is 0 Å². The number of hydrogen-bond acceptors (Lipinski definition) is 5. The first-order valence-corrected chi connectivity index (χ1v) is 12.3. The zero-order chi connectivity index (χ0) is 22.0. The van der Waals surface area contributed by atoms with Gasteiger partial charge in [0.15, 0.2) is 0 Å². The topological polar surface area (TPSA) is 90.5 Å². The van der Waals surface area contributed by atoms with Crippen molar-refractivity contribution in [3.05, 3.63) is 35.4 Å². The Labute approximate surface area is 188 Å². The number of amides is 3. The highest BCUT2D eigenvalue weighted by atomic mass is 32.2. The van der Waals surface area contributed by atoms with Crippen molar-refractivity contribution in [2.75, 3.05) is 12.8 Å². The van der Waals surface area contributed by atoms with Gasteiger partial charge in [0.25, 0.3) is 0 Å². The van der Waals surface area contributed by atoms with Gasteiger partial charge in [-0.3, -0.25) is 14.4 Å². The van der Waals surface area contributed by atoms with Gasteiger partial charge in [-0.15, -0.1) is 11.8 Å². The average molecular weight is 445 g/mol. The largest absolute Gasteiger partial charge is 0.347 e. The lowest BCUT2D eigenvalue weighted by Crippen LogP contribution is -2.56. The first-order chi connectivity index (χ1) is 15.0. The maximum absolute atomic E-state index is 13.4. The summed E-state index contributed by atoms with van der Waals surface area (Å²) in [5.74, 6) is 0.390. The Balaban J connectivity index is 1.47. The molecule has 1 aromatic carbocycles. The minimum Gasteiger partial charge on any atom is -0.347 e. The van der Waals surface area contributed by atoms with Gasteiger partial charge in [-0.1, -0.05) is 24.3 Å². The second kappa shape index (κ2) is 9.61. The highest BCUT2D eigenvalue weighted by molar-refractivity contribution is 7.99. The molecule has 31 heavy (non-hydrogen) atoms. The number of likely N-dealkylation sites (N-methyl/N-ethyl adjacent to an activating group) is 1. The van der Waals surface area contributed by atoms with E-state index in [1.165, 1.54) is 11.1 Å². The van der Waals surface area contributed by atoms with E-state index in [1.807, 2.05) is 12.1 Å². The molecule has 1 aromatic rings. The van der Waals surface area contributed by atoms with Crippen LogP contribution in [0, 0.1) is 0 Å². The van der Waals surface area contributed by atoms with Gasteiger partial charge < -0.3 is 20.9 Å². The quantitative estimate of drug-likeness (QED) is 0.644. The maximum atomic E-state index is 13.4. The molecule has 0 aromatic heterocycles. The Bertz CT molecular complexity index is 848. The molecule has 3 aliphatic rings. The van der Waals surface area contributed by atoms with Crippen LogP contribution < -0.4 is 16.0 Å². The van der Waals surface area contributed by atoms with Gasteiger partial charge in [-0.25, -0.2) is 0 Å². The molecule has 3 amide bonds. The number of carbonyl (C=O) groups is 3. The summed E-state index contributed by atoms with van der Waals surface area (Å²) in [5.41, 5.74) is 2.49. The number of nitrogens with one attached hydrogen (secondary N) is 3. The third-order valence-electron chi connectivity index (χ3n) is 6.73. The van der Waals surface area contributed by atoms with Crippen LogP contribution >= 0.6 is 11.8 Å². The molecule has 8 heteroatoms. The van der Waals surface area contributed by atoms with Crippen LogP contribution in [0.3, 0.4) is 0 Å². The van der Waals surface area contributed by atoms with Gasteiger partial charge in [-0.2, -0.15) is 0 Å². The Morgan fingerprint density at radius 2 is 1.90 bits per heavy atom. The van der Waals surface area contributed by atoms with Gasteiger partial charge in [-0.05, 0) is 69.4 Å². The van der Waals surface area contributed by atoms with Crippen LogP contribution in [0.5, 0.6) is 0 Å². The minimum atomic E-state index is -0.579. The van der Waals surface area contributed by atoms with E-state index in [9.17, 15) is 14.4 Å². The van der Waals surface area contributed by atoms with E-state index in [4.69, 9.17) is 0 Å². The highest BCUT2D eigenvalue weighted by Crippen LogP contribution is 2.37. The van der Waals surface area contributed by atoms with Gasteiger partial charge in [0.1, 0.15) is 12.1 Å². The third kappa shape index (κ3) is 4.60. The molecule has 1 unspecified atom stereocenters. The van der Waals surface area contributed by atoms with Crippen molar-refractivity contribution in [2.24, 2.45) is 0 Å². The zero-order valence-electron chi connectivity index (χ0n) is 18.2. The predicted molar refractivity (Wildman–Crippen MR) is 121 cm³/mol. The monoisotopic (exact) mass is 444 g/mol. The van der Waals surface area contributed by atoms with Crippen LogP contribution in [0.25, 0.3) is 0 Å². The number of rotatable bonds is 5. The summed E-state index contributed by atoms with van der Waals surface area (Å²) in [6, 6.07) is 6.86. The molecule has 2 fully saturated rings. The molecule has 4 rings (SSSR count). The van der Waals surface area contributed by atoms with Gasteiger partial charge in [0, 0.05) is 0 Å². The van der Waals surface area contributed by atoms with Crippen molar-refractivity contribution in [1.29, 1.82) is 0 Å². The zero-order valence-corrected chi connectivity index (χ0v) is 19.0. The van der Waals surface area contributed by atoms with Gasteiger partial charge in [0.2, 0.25) is 17.7 Å². The normalized spacial score (nSPS) is 28.8. The maximum Gasteiger partial charge on any atom is 0.246 e. The summed E-state index contributed by atoms with van der Waals surface area (Å²) in [6.07, 6.45) is 5.07. The molecule has 1 aliphatic carbocycles. The summed E-state index contributed by atoms with van der Waals surface area (Å²) in [5, 5.41) is 9.03. The lowest BCUT2D eigenvalue weighted by molar-refractivity contribution is -0.142. The van der Waals surface area contributed by atoms with E-state index in [2.05, 4.69) is 28.1 Å². The SMILES string of the molecule is CN[C@@H](C)C(=O)NC1CCS[C@H]2CC[C@H](C(=O)N[C@@H]3CCCc4ccccc43)N2C1=O. The summed E-state index contributed by atoms with van der Waals surface area (Å²) in [4.78, 5) is 40.8. The van der Waals surface area contributed by atoms with E-state index in [0.29, 0.717) is 12.8 Å². The molecule has 2 heterocycles. The molecule has 0 spiro atoms. The standard InChI is InChI=1S/C23H32N4O3S/c1-14(24-2)21(28)26-18-12-13-31-20-11-10-19(27(20)23(18)30)22(29)25-17-9-5-7-15-6-3-4-8-16(15)17/h3-4,6,8,14,17-20,24H,5,7,9-13H2,1-2H3,(H,25,29)(H,26,28)/t14-,17+,18?,19+,20-/m0/s1. The molecule has 0 bridgehead atoms. The predicted octanol–water partition coefficient (Wildman–Crippen LogP) is 1.73. The second-order valence-electron chi connectivity index (χ2n) is 8.68. The van der Waals surface area contributed by atoms with Crippen LogP contribution in [0.4, 0.5) is 0 Å². The van der Waals surface area contributed by atoms with Crippen molar-refractivity contribution < 1.29 is 14.4 Å². The number of nitrogens with zero attached hydrogens (tertiary/aromatic N) is 1. The average Bonchev–Trinajstić information content (AvgIpc) is 3.15. The fourth-order valence-electron chi connectivity index (χ4n) is 4.85. The first kappa shape index (κ1) is 22.1. The van der Waals surface area contributed by atoms with Gasteiger partial charge >= 0.3 is 0 Å². The first-order valence-electron chi connectivity index (χ1n) is 11.3. The molecule has 168 valence electrons. The Morgan fingerprint density at radius 3 is 2.71 bits per heavy atom. The fourth-order valence-corrected chi connectivity index (χ4v) is 6.21. The van der Waals surface area contributed by atoms with Crippen LogP contribution in [0.1, 0.15) is 56.2 Å². The van der Waals surface area contributed by atoms with E-state index in [-0.39, 0.29) is 35.2 Å². The smallest absolute Gasteiger partial charge is 0.246 e. The molecule has 0 saturated carbocycles. The fraction of sp³-hybridized carbons (Fsp3) is 0.609. The molecule has 5 atom stereocenters. The number of thioether (sulfide) groups is 1. The van der Waals surface area contributed by atoms with Crippen molar-refractivity contribution in [3.63, 3.8) is 0 Å². The van der Waals surface area contributed by atoms with Gasteiger partial charge in [0.05, 0.1) is 17.5 Å². The highest BCUT2D eigenvalue weighted by Gasteiger charge is 2.45. The van der Waals surface area contributed by atoms with E-state index in [1.54, 1.807) is 30.6 Å². The van der Waals surface area contributed by atoms with Crippen LogP contribution in [0.15, 0.2) is 24.3 Å². The van der Waals surface area contributed by atoms with Crippen molar-refractivity contribution >= 4 is 29.5 Å². The summed E-state index contributed by atoms with van der Waals surface area (Å²) >= 11 is 1.72. The van der Waals surface area contributed by atoms with E-state index < -0.39 is 12.1 Å². The van der Waals surface area contributed by atoms with E-state index >= 15 is 0 Å². The summed E-state index contributed by atoms with van der Waals surface area (Å²) in [6.45, 7) is 1.77. The molecule has 7 nitrogen and oxygen atoms in total. The molecule has 3 N–H and O–H groups in total. The molecular weight excluding hydrogens is 412 g/mol. The number of hydrogen-bond donors (Lipinski definition) is 3. The number of benzene rings is 1. The summed E-state index contributed by atoms with van der Waals surface area (Å²) < 4.78 is 0. The number of aryl methyl sites for hydroxylation is 1. The molecule has 2 aliphatic heterocycles. The van der Waals surface area contributed by atoms with Crippen molar-refractivity contribution in [1.82, 2.24) is 20.9 Å². The number of fused-ring (bicyclic) bond motifs is 2. The third-order valence-corrected chi connectivity index (χ3v) is 8.05. The van der Waals surface area contributed by atoms with Crippen LogP contribution in [0.2, 0.25) is 0 Å². The van der Waals surface area contributed by atoms with Crippen LogP contribution in [-0.2, 0) is 20.8 Å². The number of carbonyl (C=O) groups excluding carboxylic acids is 3. The lowest BCUT2D eigenvalue weighted by Gasteiger charge is -2.32. The Hall–Kier alpha value is -2.06. The minimum absolute atomic E-state index is 0.00166. The van der Waals surface area contributed by atoms with Crippen LogP contribution in [-0.4, -0.2) is 58.9 Å². The molecule has 0 radical (unpaired) electrons. The summed E-state index contributed by atoms with van der Waals surface area (Å²) in [7, 11) is 1.72. The van der Waals surface area contributed by atoms with E-state index in [0.717, 1.165) is 31.4 Å².